The molecule has 3 nitrogen and oxygen atoms in total. The molecular formula is C13H12Cl2N2O. The van der Waals surface area contributed by atoms with Gasteiger partial charge >= 0.3 is 0 Å². The molecule has 18 heavy (non-hydrogen) atoms. The molecular weight excluding hydrogens is 271 g/mol. The molecule has 0 spiro atoms. The summed E-state index contributed by atoms with van der Waals surface area (Å²) >= 11 is 11.9. The fourth-order valence-corrected chi connectivity index (χ4v) is 2.11. The van der Waals surface area contributed by atoms with Crippen molar-refractivity contribution in [1.82, 2.24) is 9.97 Å². The number of H-pyrrole nitrogens is 1. The summed E-state index contributed by atoms with van der Waals surface area (Å²) in [5.74, 6) is 0.604. The van der Waals surface area contributed by atoms with E-state index in [-0.39, 0.29) is 5.56 Å². The molecule has 0 aliphatic carbocycles. The fraction of sp³-hybridized carbons (Fsp3) is 0.231. The van der Waals surface area contributed by atoms with Crippen LogP contribution in [0.4, 0.5) is 0 Å². The number of aromatic nitrogens is 2. The quantitative estimate of drug-likeness (QED) is 0.919. The highest BCUT2D eigenvalue weighted by Crippen LogP contribution is 2.22. The molecule has 0 amide bonds. The number of rotatable bonds is 2. The molecule has 1 heterocycles. The van der Waals surface area contributed by atoms with Crippen LogP contribution in [0.1, 0.15) is 22.6 Å². The Bertz CT molecular complexity index is 650. The van der Waals surface area contributed by atoms with Crippen molar-refractivity contribution in [1.29, 1.82) is 0 Å². The minimum atomic E-state index is -0.109. The van der Waals surface area contributed by atoms with Crippen LogP contribution in [0, 0.1) is 13.8 Å². The van der Waals surface area contributed by atoms with Crippen molar-refractivity contribution in [2.75, 3.05) is 0 Å². The number of halogens is 2. The van der Waals surface area contributed by atoms with Crippen molar-refractivity contribution in [2.24, 2.45) is 0 Å². The van der Waals surface area contributed by atoms with E-state index >= 15 is 0 Å². The molecule has 0 radical (unpaired) electrons. The number of hydrogen-bond acceptors (Lipinski definition) is 2. The normalized spacial score (nSPS) is 10.7. The van der Waals surface area contributed by atoms with Gasteiger partial charge in [0.1, 0.15) is 5.82 Å². The molecule has 0 saturated carbocycles. The van der Waals surface area contributed by atoms with Crippen molar-refractivity contribution in [3.63, 3.8) is 0 Å². The lowest BCUT2D eigenvalue weighted by Gasteiger charge is -2.06. The zero-order chi connectivity index (χ0) is 13.3. The van der Waals surface area contributed by atoms with Gasteiger partial charge in [0.25, 0.3) is 5.56 Å². The SMILES string of the molecule is Cc1nc(Cc2ccc(Cl)cc2Cl)[nH]c(=O)c1C. The Morgan fingerprint density at radius 1 is 1.28 bits per heavy atom. The van der Waals surface area contributed by atoms with Crippen molar-refractivity contribution >= 4 is 23.2 Å². The lowest BCUT2D eigenvalue weighted by atomic mass is 10.1. The van der Waals surface area contributed by atoms with Crippen LogP contribution in [0.15, 0.2) is 23.0 Å². The third kappa shape index (κ3) is 2.74. The molecule has 1 N–H and O–H groups in total. The molecule has 0 unspecified atom stereocenters. The van der Waals surface area contributed by atoms with E-state index < -0.39 is 0 Å². The highest BCUT2D eigenvalue weighted by Gasteiger charge is 2.07. The molecule has 0 fully saturated rings. The molecule has 2 aromatic rings. The molecule has 1 aromatic carbocycles. The number of nitrogens with zero attached hydrogens (tertiary/aromatic N) is 1. The van der Waals surface area contributed by atoms with Crippen molar-refractivity contribution in [3.8, 4) is 0 Å². The summed E-state index contributed by atoms with van der Waals surface area (Å²) in [6.45, 7) is 3.57. The molecule has 5 heteroatoms. The summed E-state index contributed by atoms with van der Waals surface area (Å²) < 4.78 is 0. The highest BCUT2D eigenvalue weighted by molar-refractivity contribution is 6.35. The number of aryl methyl sites for hydroxylation is 1. The van der Waals surface area contributed by atoms with Crippen LogP contribution in [0.25, 0.3) is 0 Å². The Balaban J connectivity index is 2.37. The first-order chi connectivity index (χ1) is 8.47. The van der Waals surface area contributed by atoms with Gasteiger partial charge in [0, 0.05) is 27.7 Å². The van der Waals surface area contributed by atoms with Crippen LogP contribution in [-0.4, -0.2) is 9.97 Å². The minimum Gasteiger partial charge on any atom is -0.310 e. The second-order valence-electron chi connectivity index (χ2n) is 4.14. The van der Waals surface area contributed by atoms with E-state index in [0.29, 0.717) is 27.9 Å². The summed E-state index contributed by atoms with van der Waals surface area (Å²) in [6.07, 6.45) is 0.479. The van der Waals surface area contributed by atoms with Gasteiger partial charge in [0.15, 0.2) is 0 Å². The van der Waals surface area contributed by atoms with Gasteiger partial charge in [0.05, 0.1) is 0 Å². The van der Waals surface area contributed by atoms with Crippen molar-refractivity contribution in [2.45, 2.75) is 20.3 Å². The average Bonchev–Trinajstić information content (AvgIpc) is 2.29. The van der Waals surface area contributed by atoms with Gasteiger partial charge in [-0.1, -0.05) is 29.3 Å². The zero-order valence-corrected chi connectivity index (χ0v) is 11.6. The van der Waals surface area contributed by atoms with E-state index in [1.54, 1.807) is 19.1 Å². The standard InChI is InChI=1S/C13H12Cl2N2O/c1-7-8(2)16-12(17-13(7)18)5-9-3-4-10(14)6-11(9)15/h3-4,6H,5H2,1-2H3,(H,16,17,18). The molecule has 0 atom stereocenters. The van der Waals surface area contributed by atoms with Crippen LogP contribution >= 0.6 is 23.2 Å². The Morgan fingerprint density at radius 2 is 2.00 bits per heavy atom. The smallest absolute Gasteiger partial charge is 0.254 e. The van der Waals surface area contributed by atoms with Gasteiger partial charge in [-0.25, -0.2) is 4.98 Å². The van der Waals surface area contributed by atoms with E-state index in [2.05, 4.69) is 9.97 Å². The number of benzene rings is 1. The van der Waals surface area contributed by atoms with Crippen LogP contribution in [0.3, 0.4) is 0 Å². The van der Waals surface area contributed by atoms with Gasteiger partial charge in [-0.05, 0) is 31.5 Å². The summed E-state index contributed by atoms with van der Waals surface area (Å²) in [5, 5.41) is 1.16. The first-order valence-electron chi connectivity index (χ1n) is 5.47. The number of aromatic amines is 1. The predicted octanol–water partition coefficient (Wildman–Crippen LogP) is 3.28. The number of hydrogen-bond donors (Lipinski definition) is 1. The first-order valence-corrected chi connectivity index (χ1v) is 6.23. The van der Waals surface area contributed by atoms with Crippen LogP contribution in [-0.2, 0) is 6.42 Å². The summed E-state index contributed by atoms with van der Waals surface area (Å²) in [7, 11) is 0. The first kappa shape index (κ1) is 13.1. The van der Waals surface area contributed by atoms with Crippen LogP contribution < -0.4 is 5.56 Å². The lowest BCUT2D eigenvalue weighted by molar-refractivity contribution is 0.903. The van der Waals surface area contributed by atoms with E-state index in [0.717, 1.165) is 11.3 Å². The fourth-order valence-electron chi connectivity index (χ4n) is 1.63. The van der Waals surface area contributed by atoms with E-state index in [1.165, 1.54) is 0 Å². The maximum absolute atomic E-state index is 11.6. The Hall–Kier alpha value is -1.32. The third-order valence-corrected chi connectivity index (χ3v) is 3.40. The minimum absolute atomic E-state index is 0.109. The van der Waals surface area contributed by atoms with Gasteiger partial charge in [0.2, 0.25) is 0 Å². The molecule has 0 aliphatic heterocycles. The molecule has 2 rings (SSSR count). The van der Waals surface area contributed by atoms with Gasteiger partial charge in [-0.2, -0.15) is 0 Å². The second kappa shape index (κ2) is 5.12. The maximum Gasteiger partial charge on any atom is 0.254 e. The van der Waals surface area contributed by atoms with E-state index in [9.17, 15) is 4.79 Å². The van der Waals surface area contributed by atoms with Crippen LogP contribution in [0.2, 0.25) is 10.0 Å². The highest BCUT2D eigenvalue weighted by atomic mass is 35.5. The van der Waals surface area contributed by atoms with Crippen LogP contribution in [0.5, 0.6) is 0 Å². The van der Waals surface area contributed by atoms with Gasteiger partial charge in [-0.3, -0.25) is 4.79 Å². The van der Waals surface area contributed by atoms with Crippen molar-refractivity contribution in [3.05, 3.63) is 61.2 Å². The lowest BCUT2D eigenvalue weighted by Crippen LogP contribution is -2.16. The Labute approximate surface area is 115 Å². The second-order valence-corrected chi connectivity index (χ2v) is 4.98. The van der Waals surface area contributed by atoms with E-state index in [1.807, 2.05) is 13.0 Å². The summed E-state index contributed by atoms with van der Waals surface area (Å²) in [5.41, 5.74) is 2.15. The molecule has 1 aromatic heterocycles. The average molecular weight is 283 g/mol. The van der Waals surface area contributed by atoms with E-state index in [4.69, 9.17) is 23.2 Å². The molecule has 0 aliphatic rings. The Morgan fingerprint density at radius 3 is 2.61 bits per heavy atom. The number of nitrogens with one attached hydrogen (secondary N) is 1. The summed E-state index contributed by atoms with van der Waals surface area (Å²) in [4.78, 5) is 18.7. The third-order valence-electron chi connectivity index (χ3n) is 2.82. The zero-order valence-electron chi connectivity index (χ0n) is 10.1. The predicted molar refractivity (Wildman–Crippen MR) is 73.6 cm³/mol. The molecule has 94 valence electrons. The van der Waals surface area contributed by atoms with Gasteiger partial charge in [-0.15, -0.1) is 0 Å². The van der Waals surface area contributed by atoms with Gasteiger partial charge < -0.3 is 4.98 Å². The maximum atomic E-state index is 11.6. The monoisotopic (exact) mass is 282 g/mol. The summed E-state index contributed by atoms with van der Waals surface area (Å²) in [6, 6.07) is 5.28. The molecule has 0 saturated heterocycles. The topological polar surface area (TPSA) is 45.8 Å². The largest absolute Gasteiger partial charge is 0.310 e. The molecule has 0 bridgehead atoms. The van der Waals surface area contributed by atoms with Crippen molar-refractivity contribution < 1.29 is 0 Å². The Kier molecular flexibility index (Phi) is 3.73.